The summed E-state index contributed by atoms with van der Waals surface area (Å²) in [4.78, 5) is 41.8. The molecule has 1 saturated heterocycles. The van der Waals surface area contributed by atoms with Crippen LogP contribution in [0.2, 0.25) is 0 Å². The quantitative estimate of drug-likeness (QED) is 0.185. The first-order chi connectivity index (χ1) is 23.9. The molecule has 0 bridgehead atoms. The van der Waals surface area contributed by atoms with Crippen LogP contribution in [-0.4, -0.2) is 81.7 Å². The first-order valence-electron chi connectivity index (χ1n) is 16.2. The molecule has 0 aliphatic carbocycles. The molecule has 0 aromatic heterocycles. The molecule has 11 nitrogen and oxygen atoms in total. The van der Waals surface area contributed by atoms with Crippen molar-refractivity contribution in [2.45, 2.75) is 56.4 Å². The van der Waals surface area contributed by atoms with E-state index in [-0.39, 0.29) is 17.1 Å². The number of hydrogen-bond acceptors (Lipinski definition) is 11. The summed E-state index contributed by atoms with van der Waals surface area (Å²) in [6.45, 7) is -0.637. The van der Waals surface area contributed by atoms with Crippen molar-refractivity contribution < 1.29 is 52.6 Å². The molecule has 260 valence electrons. The molecule has 11 heteroatoms. The van der Waals surface area contributed by atoms with Crippen LogP contribution in [0.5, 0.6) is 11.5 Å². The van der Waals surface area contributed by atoms with Crippen LogP contribution in [0.4, 0.5) is 0 Å². The maximum atomic E-state index is 14.0. The van der Waals surface area contributed by atoms with E-state index in [1.54, 1.807) is 18.2 Å². The van der Waals surface area contributed by atoms with Gasteiger partial charge in [0.15, 0.2) is 24.6 Å². The molecule has 0 saturated carbocycles. The van der Waals surface area contributed by atoms with Gasteiger partial charge >= 0.3 is 17.9 Å². The molecule has 7 atom stereocenters. The number of benzene rings is 3. The maximum Gasteiger partial charge on any atom is 0.346 e. The van der Waals surface area contributed by atoms with Crippen molar-refractivity contribution in [3.05, 3.63) is 108 Å². The Morgan fingerprint density at radius 3 is 1.71 bits per heavy atom. The summed E-state index contributed by atoms with van der Waals surface area (Å²) < 4.78 is 40.7. The van der Waals surface area contributed by atoms with Crippen molar-refractivity contribution in [2.24, 2.45) is 11.8 Å². The maximum absolute atomic E-state index is 14.0. The lowest BCUT2D eigenvalue weighted by Crippen LogP contribution is -2.63. The normalized spacial score (nSPS) is 26.5. The van der Waals surface area contributed by atoms with Gasteiger partial charge in [-0.2, -0.15) is 0 Å². The summed E-state index contributed by atoms with van der Waals surface area (Å²) in [6, 6.07) is 23.9. The molecule has 3 aromatic rings. The zero-order valence-corrected chi connectivity index (χ0v) is 27.8. The van der Waals surface area contributed by atoms with Gasteiger partial charge in [0.05, 0.1) is 32.7 Å². The van der Waals surface area contributed by atoms with Gasteiger partial charge in [-0.1, -0.05) is 78.9 Å². The number of carbonyl (C=O) groups excluding carboxylic acids is 3. The van der Waals surface area contributed by atoms with E-state index < -0.39 is 67.1 Å². The van der Waals surface area contributed by atoms with E-state index >= 15 is 0 Å². The van der Waals surface area contributed by atoms with Gasteiger partial charge < -0.3 is 38.3 Å². The Kier molecular flexibility index (Phi) is 12.4. The highest BCUT2D eigenvalue weighted by atomic mass is 16.7. The van der Waals surface area contributed by atoms with Gasteiger partial charge in [0.25, 0.3) is 0 Å². The number of hydrogen-bond donors (Lipinski definition) is 1. The number of carbonyl (C=O) groups is 3. The third-order valence-electron chi connectivity index (χ3n) is 8.71. The fourth-order valence-corrected chi connectivity index (χ4v) is 6.16. The molecule has 0 spiro atoms. The molecule has 0 amide bonds. The van der Waals surface area contributed by atoms with Gasteiger partial charge in [0, 0.05) is 7.11 Å². The van der Waals surface area contributed by atoms with E-state index in [9.17, 15) is 19.5 Å². The number of allylic oxidation sites excluding steroid dienone is 2. The fourth-order valence-electron chi connectivity index (χ4n) is 6.16. The van der Waals surface area contributed by atoms with Crippen LogP contribution in [0.15, 0.2) is 91.0 Å². The van der Waals surface area contributed by atoms with Crippen molar-refractivity contribution in [3.8, 4) is 11.5 Å². The molecule has 2 aliphatic heterocycles. The topological polar surface area (TPSA) is 136 Å². The predicted octanol–water partition coefficient (Wildman–Crippen LogP) is 4.48. The van der Waals surface area contributed by atoms with Crippen molar-refractivity contribution >= 4 is 17.9 Å². The minimum absolute atomic E-state index is 0.0268. The summed E-state index contributed by atoms with van der Waals surface area (Å²) in [7, 11) is 4.13. The average molecular weight is 675 g/mol. The Hall–Kier alpha value is -4.71. The van der Waals surface area contributed by atoms with Gasteiger partial charge in [0.1, 0.15) is 23.2 Å². The minimum atomic E-state index is -1.43. The van der Waals surface area contributed by atoms with Crippen LogP contribution in [0.1, 0.15) is 34.3 Å². The van der Waals surface area contributed by atoms with E-state index in [1.807, 2.05) is 72.8 Å². The Labute approximate surface area is 285 Å². The van der Waals surface area contributed by atoms with Crippen LogP contribution in [-0.2, 0) is 46.1 Å². The largest absolute Gasteiger partial charge is 0.496 e. The third kappa shape index (κ3) is 8.66. The van der Waals surface area contributed by atoms with Gasteiger partial charge in [-0.15, -0.1) is 0 Å². The average Bonchev–Trinajstić information content (AvgIpc) is 3.13. The van der Waals surface area contributed by atoms with Gasteiger partial charge in [-0.25, -0.2) is 4.79 Å². The Bertz CT molecular complexity index is 1550. The number of aliphatic hydroxyl groups is 1. The van der Waals surface area contributed by atoms with E-state index in [0.717, 1.165) is 11.1 Å². The SMILES string of the molecule is COc1cccc(OC)c1C(=O)O[C@H]1[C@@H]2OC(=O)[C@H](Cc3ccccc3)C/C=C\C[C@@H](Cc3ccccc3)C(=O)O[C@H]2[C@@H](OC)O[C@@H]1CO. The Morgan fingerprint density at radius 2 is 1.24 bits per heavy atom. The van der Waals surface area contributed by atoms with Crippen LogP contribution in [0.3, 0.4) is 0 Å². The van der Waals surface area contributed by atoms with Gasteiger partial charge in [-0.3, -0.25) is 9.59 Å². The van der Waals surface area contributed by atoms with Crippen molar-refractivity contribution in [1.82, 2.24) is 0 Å². The molecule has 2 aliphatic rings. The van der Waals surface area contributed by atoms with E-state index in [4.69, 9.17) is 33.2 Å². The second-order valence-corrected chi connectivity index (χ2v) is 11.9. The van der Waals surface area contributed by atoms with Crippen LogP contribution >= 0.6 is 0 Å². The summed E-state index contributed by atoms with van der Waals surface area (Å²) in [5, 5.41) is 10.5. The lowest BCUT2D eigenvalue weighted by Gasteiger charge is -2.44. The molecule has 0 unspecified atom stereocenters. The van der Waals surface area contributed by atoms with E-state index in [0.29, 0.717) is 25.7 Å². The fraction of sp³-hybridized carbons (Fsp3) is 0.395. The Morgan fingerprint density at radius 1 is 0.735 bits per heavy atom. The monoisotopic (exact) mass is 674 g/mol. The summed E-state index contributed by atoms with van der Waals surface area (Å²) in [5.74, 6) is -2.97. The second-order valence-electron chi connectivity index (χ2n) is 11.9. The van der Waals surface area contributed by atoms with Gasteiger partial charge in [0.2, 0.25) is 0 Å². The van der Waals surface area contributed by atoms with Crippen molar-refractivity contribution in [2.75, 3.05) is 27.9 Å². The summed E-state index contributed by atoms with van der Waals surface area (Å²) in [6.07, 6.45) is -1.50. The van der Waals surface area contributed by atoms with Crippen molar-refractivity contribution in [1.29, 1.82) is 0 Å². The number of methoxy groups -OCH3 is 3. The van der Waals surface area contributed by atoms with Crippen molar-refractivity contribution in [3.63, 3.8) is 0 Å². The standard InChI is InChI=1S/C38H42O11/c1-43-28-19-12-20-29(44-2)31(28)37(42)47-32-30(23-39)46-38(45-3)34-33(32)48-35(40)26(21-24-13-6-4-7-14-24)17-10-11-18-27(36(41)49-34)22-25-15-8-5-9-16-25/h4-16,19-20,26-27,30,32-34,38-39H,17-18,21-23H2,1-3H3/b11-10-/t26-,27-,30+,32+,33-,34+,38-/m0/s1. The molecule has 5 rings (SSSR count). The zero-order chi connectivity index (χ0) is 34.8. The lowest BCUT2D eigenvalue weighted by atomic mass is 9.92. The molecule has 1 fully saturated rings. The highest BCUT2D eigenvalue weighted by Crippen LogP contribution is 2.35. The first kappa shape index (κ1) is 35.6. The minimum Gasteiger partial charge on any atom is -0.496 e. The molecule has 2 heterocycles. The lowest BCUT2D eigenvalue weighted by molar-refractivity contribution is -0.301. The molecule has 0 radical (unpaired) electrons. The smallest absolute Gasteiger partial charge is 0.346 e. The molecular formula is C38H42O11. The molecule has 49 heavy (non-hydrogen) atoms. The molecule has 3 aromatic carbocycles. The summed E-state index contributed by atoms with van der Waals surface area (Å²) >= 11 is 0. The molecular weight excluding hydrogens is 632 g/mol. The van der Waals surface area contributed by atoms with Crippen LogP contribution < -0.4 is 9.47 Å². The number of aliphatic hydroxyl groups excluding tert-OH is 1. The summed E-state index contributed by atoms with van der Waals surface area (Å²) in [5.41, 5.74) is 1.84. The predicted molar refractivity (Wildman–Crippen MR) is 177 cm³/mol. The van der Waals surface area contributed by atoms with Crippen LogP contribution in [0, 0.1) is 11.8 Å². The highest BCUT2D eigenvalue weighted by molar-refractivity contribution is 5.96. The molecule has 1 N–H and O–H groups in total. The number of esters is 3. The number of ether oxygens (including phenoxy) is 7. The third-order valence-corrected chi connectivity index (χ3v) is 8.71. The van der Waals surface area contributed by atoms with Crippen LogP contribution in [0.25, 0.3) is 0 Å². The van der Waals surface area contributed by atoms with E-state index in [2.05, 4.69) is 0 Å². The Balaban J connectivity index is 1.55. The second kappa shape index (κ2) is 17.1. The van der Waals surface area contributed by atoms with Gasteiger partial charge in [-0.05, 0) is 48.9 Å². The zero-order valence-electron chi connectivity index (χ0n) is 27.8. The highest BCUT2D eigenvalue weighted by Gasteiger charge is 2.53. The number of rotatable bonds is 10. The number of fused-ring (bicyclic) bond motifs is 1. The van der Waals surface area contributed by atoms with E-state index in [1.165, 1.54) is 21.3 Å². The first-order valence-corrected chi connectivity index (χ1v) is 16.2.